The summed E-state index contributed by atoms with van der Waals surface area (Å²) in [6, 6.07) is 13.9. The second kappa shape index (κ2) is 6.92. The summed E-state index contributed by atoms with van der Waals surface area (Å²) < 4.78 is 0. The summed E-state index contributed by atoms with van der Waals surface area (Å²) >= 11 is 1.54. The zero-order valence-corrected chi connectivity index (χ0v) is 15.4. The lowest BCUT2D eigenvalue weighted by atomic mass is 10.0. The largest absolute Gasteiger partial charge is 0.348 e. The Hall–Kier alpha value is -2.66. The Labute approximate surface area is 156 Å². The van der Waals surface area contributed by atoms with Crippen LogP contribution in [-0.4, -0.2) is 11.8 Å². The molecule has 26 heavy (non-hydrogen) atoms. The molecular formula is C21H20N2O2S. The van der Waals surface area contributed by atoms with Crippen molar-refractivity contribution >= 4 is 39.6 Å². The minimum absolute atomic E-state index is 0.101. The highest BCUT2D eigenvalue weighted by molar-refractivity contribution is 7.10. The molecule has 0 aliphatic heterocycles. The first-order valence-corrected chi connectivity index (χ1v) is 9.63. The van der Waals surface area contributed by atoms with E-state index >= 15 is 0 Å². The van der Waals surface area contributed by atoms with Gasteiger partial charge in [-0.15, -0.1) is 11.3 Å². The van der Waals surface area contributed by atoms with Crippen LogP contribution in [0.15, 0.2) is 47.8 Å². The Kier molecular flexibility index (Phi) is 4.47. The Morgan fingerprint density at radius 2 is 1.88 bits per heavy atom. The lowest BCUT2D eigenvalue weighted by molar-refractivity contribution is -0.120. The molecule has 1 atom stereocenters. The molecule has 1 aliphatic carbocycles. The fourth-order valence-electron chi connectivity index (χ4n) is 3.70. The Morgan fingerprint density at radius 1 is 1.08 bits per heavy atom. The second-order valence-electron chi connectivity index (χ2n) is 6.63. The standard InChI is InChI=1S/C21H20N2O2S/c1-13(24)22-18(19-6-3-11-26-19)12-20(25)23-17-10-9-15-8-7-14-4-2-5-16(17)21(14)15/h2-6,9-11,18H,7-8,12H2,1H3,(H,22,24)(H,23,25). The molecule has 0 radical (unpaired) electrons. The average molecular weight is 364 g/mol. The maximum absolute atomic E-state index is 12.7. The van der Waals surface area contributed by atoms with E-state index in [0.29, 0.717) is 0 Å². The Morgan fingerprint density at radius 3 is 2.62 bits per heavy atom. The van der Waals surface area contributed by atoms with Gasteiger partial charge in [0, 0.05) is 22.9 Å². The highest BCUT2D eigenvalue weighted by atomic mass is 32.1. The molecule has 4 nitrogen and oxygen atoms in total. The minimum atomic E-state index is -0.302. The highest BCUT2D eigenvalue weighted by Gasteiger charge is 2.20. The molecule has 5 heteroatoms. The van der Waals surface area contributed by atoms with Gasteiger partial charge in [0.15, 0.2) is 0 Å². The van der Waals surface area contributed by atoms with Crippen molar-refractivity contribution in [2.24, 2.45) is 0 Å². The van der Waals surface area contributed by atoms with Crippen LogP contribution in [0.3, 0.4) is 0 Å². The number of thiophene rings is 1. The van der Waals surface area contributed by atoms with Gasteiger partial charge >= 0.3 is 0 Å². The lowest BCUT2D eigenvalue weighted by Crippen LogP contribution is -2.29. The molecule has 0 fully saturated rings. The van der Waals surface area contributed by atoms with Gasteiger partial charge < -0.3 is 10.6 Å². The predicted molar refractivity (Wildman–Crippen MR) is 105 cm³/mol. The van der Waals surface area contributed by atoms with Crippen LogP contribution in [0.25, 0.3) is 10.8 Å². The van der Waals surface area contributed by atoms with Crippen LogP contribution in [0.4, 0.5) is 5.69 Å². The van der Waals surface area contributed by atoms with E-state index in [1.165, 1.54) is 23.4 Å². The number of amides is 2. The molecular weight excluding hydrogens is 344 g/mol. The van der Waals surface area contributed by atoms with Crippen molar-refractivity contribution in [1.82, 2.24) is 5.32 Å². The van der Waals surface area contributed by atoms with E-state index in [4.69, 9.17) is 0 Å². The van der Waals surface area contributed by atoms with Gasteiger partial charge in [0.1, 0.15) is 0 Å². The fourth-order valence-corrected chi connectivity index (χ4v) is 4.48. The normalized spacial score (nSPS) is 13.6. The third-order valence-electron chi connectivity index (χ3n) is 4.80. The van der Waals surface area contributed by atoms with E-state index in [1.54, 1.807) is 11.3 Å². The van der Waals surface area contributed by atoms with Gasteiger partial charge in [0.2, 0.25) is 11.8 Å². The summed E-state index contributed by atoms with van der Waals surface area (Å²) in [6.07, 6.45) is 2.34. The molecule has 1 aromatic heterocycles. The van der Waals surface area contributed by atoms with Crippen LogP contribution in [0.2, 0.25) is 0 Å². The van der Waals surface area contributed by atoms with E-state index in [-0.39, 0.29) is 24.3 Å². The molecule has 1 unspecified atom stereocenters. The molecule has 2 aromatic carbocycles. The van der Waals surface area contributed by atoms with Gasteiger partial charge in [-0.25, -0.2) is 0 Å². The second-order valence-corrected chi connectivity index (χ2v) is 7.61. The van der Waals surface area contributed by atoms with Crippen LogP contribution in [0.1, 0.15) is 35.4 Å². The number of benzene rings is 2. The van der Waals surface area contributed by atoms with Crippen molar-refractivity contribution < 1.29 is 9.59 Å². The van der Waals surface area contributed by atoms with E-state index in [9.17, 15) is 9.59 Å². The molecule has 1 heterocycles. The Bertz CT molecular complexity index is 969. The maximum Gasteiger partial charge on any atom is 0.226 e. The SMILES string of the molecule is CC(=O)NC(CC(=O)Nc1ccc2c3c(cccc13)CC2)c1cccs1. The van der Waals surface area contributed by atoms with Gasteiger partial charge in [0.25, 0.3) is 0 Å². The first-order chi connectivity index (χ1) is 12.6. The van der Waals surface area contributed by atoms with Crippen LogP contribution >= 0.6 is 11.3 Å². The minimum Gasteiger partial charge on any atom is -0.348 e. The number of nitrogens with one attached hydrogen (secondary N) is 2. The number of rotatable bonds is 5. The van der Waals surface area contributed by atoms with Crippen LogP contribution < -0.4 is 10.6 Å². The first-order valence-electron chi connectivity index (χ1n) is 8.75. The zero-order valence-electron chi connectivity index (χ0n) is 14.5. The quantitative estimate of drug-likeness (QED) is 0.713. The van der Waals surface area contributed by atoms with Crippen molar-refractivity contribution in [3.8, 4) is 0 Å². The number of anilines is 1. The fraction of sp³-hybridized carbons (Fsp3) is 0.238. The lowest BCUT2D eigenvalue weighted by Gasteiger charge is -2.17. The van der Waals surface area contributed by atoms with Gasteiger partial charge in [0.05, 0.1) is 12.5 Å². The average Bonchev–Trinajstić information content (AvgIpc) is 3.27. The summed E-state index contributed by atoms with van der Waals surface area (Å²) in [6.45, 7) is 1.47. The summed E-state index contributed by atoms with van der Waals surface area (Å²) in [4.78, 5) is 25.2. The summed E-state index contributed by atoms with van der Waals surface area (Å²) in [5.74, 6) is -0.239. The van der Waals surface area contributed by atoms with Crippen molar-refractivity contribution in [3.05, 3.63) is 63.8 Å². The van der Waals surface area contributed by atoms with Crippen molar-refractivity contribution in [2.75, 3.05) is 5.32 Å². The molecule has 2 amide bonds. The van der Waals surface area contributed by atoms with Gasteiger partial charge in [-0.3, -0.25) is 9.59 Å². The van der Waals surface area contributed by atoms with E-state index < -0.39 is 0 Å². The molecule has 0 saturated heterocycles. The molecule has 3 aromatic rings. The highest BCUT2D eigenvalue weighted by Crippen LogP contribution is 2.35. The summed E-state index contributed by atoms with van der Waals surface area (Å²) in [5.41, 5.74) is 3.54. The van der Waals surface area contributed by atoms with Crippen molar-refractivity contribution in [3.63, 3.8) is 0 Å². The Balaban J connectivity index is 1.57. The number of carbonyl (C=O) groups is 2. The maximum atomic E-state index is 12.7. The predicted octanol–water partition coefficient (Wildman–Crippen LogP) is 4.21. The third-order valence-corrected chi connectivity index (χ3v) is 5.79. The summed E-state index contributed by atoms with van der Waals surface area (Å²) in [7, 11) is 0. The zero-order chi connectivity index (χ0) is 18.1. The topological polar surface area (TPSA) is 58.2 Å². The molecule has 2 N–H and O–H groups in total. The van der Waals surface area contributed by atoms with Gasteiger partial charge in [-0.2, -0.15) is 0 Å². The summed E-state index contributed by atoms with van der Waals surface area (Å²) in [5, 5.41) is 10.2. The molecule has 1 aliphatic rings. The van der Waals surface area contributed by atoms with E-state index in [2.05, 4.69) is 28.8 Å². The van der Waals surface area contributed by atoms with Crippen LogP contribution in [0, 0.1) is 0 Å². The van der Waals surface area contributed by atoms with E-state index in [0.717, 1.165) is 28.8 Å². The first kappa shape index (κ1) is 16.8. The van der Waals surface area contributed by atoms with Crippen molar-refractivity contribution in [2.45, 2.75) is 32.2 Å². The number of hydrogen-bond donors (Lipinski definition) is 2. The van der Waals surface area contributed by atoms with Crippen LogP contribution in [-0.2, 0) is 22.4 Å². The monoisotopic (exact) mass is 364 g/mol. The molecule has 0 saturated carbocycles. The van der Waals surface area contributed by atoms with Gasteiger partial charge in [-0.05, 0) is 46.9 Å². The smallest absolute Gasteiger partial charge is 0.226 e. The van der Waals surface area contributed by atoms with Crippen molar-refractivity contribution in [1.29, 1.82) is 0 Å². The number of hydrogen-bond acceptors (Lipinski definition) is 3. The third kappa shape index (κ3) is 3.22. The van der Waals surface area contributed by atoms with Crippen LogP contribution in [0.5, 0.6) is 0 Å². The number of carbonyl (C=O) groups excluding carboxylic acids is 2. The van der Waals surface area contributed by atoms with E-state index in [1.807, 2.05) is 29.6 Å². The number of aryl methyl sites for hydroxylation is 2. The van der Waals surface area contributed by atoms with Gasteiger partial charge in [-0.1, -0.05) is 30.3 Å². The molecule has 0 bridgehead atoms. The molecule has 132 valence electrons. The molecule has 4 rings (SSSR count). The molecule has 0 spiro atoms.